The molecule has 172 valence electrons. The van der Waals surface area contributed by atoms with Crippen molar-refractivity contribution in [3.63, 3.8) is 0 Å². The number of hydrogen-bond donors (Lipinski definition) is 1. The van der Waals surface area contributed by atoms with Crippen LogP contribution in [0, 0.1) is 13.8 Å². The molecule has 0 radical (unpaired) electrons. The molecule has 0 amide bonds. The van der Waals surface area contributed by atoms with Gasteiger partial charge in [-0.15, -0.1) is 0 Å². The summed E-state index contributed by atoms with van der Waals surface area (Å²) < 4.78 is 31.8. The van der Waals surface area contributed by atoms with Crippen LogP contribution in [0.1, 0.15) is 41.1 Å². The van der Waals surface area contributed by atoms with Gasteiger partial charge in [0, 0.05) is 17.0 Å². The maximum absolute atomic E-state index is 12.4. The van der Waals surface area contributed by atoms with E-state index in [1.54, 1.807) is 12.1 Å². The van der Waals surface area contributed by atoms with Crippen LogP contribution in [0.25, 0.3) is 11.1 Å². The summed E-state index contributed by atoms with van der Waals surface area (Å²) >= 11 is -2.49. The van der Waals surface area contributed by atoms with E-state index in [2.05, 4.69) is 19.1 Å². The number of nitrogens with zero attached hydrogens (tertiary/aromatic N) is 1. The molecule has 4 rings (SSSR count). The predicted octanol–water partition coefficient (Wildman–Crippen LogP) is 5.11. The van der Waals surface area contributed by atoms with Gasteiger partial charge < -0.3 is 14.4 Å². The van der Waals surface area contributed by atoms with Gasteiger partial charge in [0.05, 0.1) is 6.04 Å². The fourth-order valence-electron chi connectivity index (χ4n) is 4.64. The van der Waals surface area contributed by atoms with Gasteiger partial charge in [0.2, 0.25) is 0 Å². The summed E-state index contributed by atoms with van der Waals surface area (Å²) in [6.45, 7) is 3.62. The molecule has 6 nitrogen and oxygen atoms in total. The zero-order chi connectivity index (χ0) is 23.5. The highest BCUT2D eigenvalue weighted by atomic mass is 32.2. The van der Waals surface area contributed by atoms with Crippen LogP contribution in [0.4, 0.5) is 5.69 Å². The Balaban J connectivity index is 1.72. The second-order valence-electron chi connectivity index (χ2n) is 8.27. The number of fused-ring (bicyclic) bond motifs is 1. The molecule has 0 bridgehead atoms. The maximum atomic E-state index is 12.4. The Morgan fingerprint density at radius 1 is 1.09 bits per heavy atom. The number of aliphatic carboxylic acids is 1. The highest BCUT2D eigenvalue weighted by Crippen LogP contribution is 2.42. The predicted molar refractivity (Wildman–Crippen MR) is 128 cm³/mol. The molecular weight excluding hydrogens is 438 g/mol. The lowest BCUT2D eigenvalue weighted by molar-refractivity contribution is -0.139. The van der Waals surface area contributed by atoms with Gasteiger partial charge >= 0.3 is 5.97 Å². The number of carboxylic acids is 1. The summed E-state index contributed by atoms with van der Waals surface area (Å²) in [6, 6.07) is 18.9. The number of ether oxygens (including phenoxy) is 1. The average molecular weight is 465 g/mol. The molecule has 1 N–H and O–H groups in total. The van der Waals surface area contributed by atoms with Crippen LogP contribution in [0.3, 0.4) is 0 Å². The third-order valence-electron chi connectivity index (χ3n) is 6.13. The fraction of sp³-hybridized carbons (Fsp3) is 0.269. The van der Waals surface area contributed by atoms with Crippen LogP contribution in [-0.4, -0.2) is 26.4 Å². The zero-order valence-electron chi connectivity index (χ0n) is 18.6. The normalized spacial score (nSPS) is 16.0. The van der Waals surface area contributed by atoms with Crippen molar-refractivity contribution in [1.82, 2.24) is 0 Å². The molecule has 0 aromatic heterocycles. The third kappa shape index (κ3) is 4.79. The highest BCUT2D eigenvalue weighted by molar-refractivity contribution is 7.80. The van der Waals surface area contributed by atoms with Gasteiger partial charge in [-0.1, -0.05) is 42.5 Å². The minimum atomic E-state index is -2.49. The SMILES string of the molecule is Cc1ccccc1-c1ccc(N(C2CCCc3c(OCC(=O)O)cccc32)S(=O)[O-])cc1C. The van der Waals surface area contributed by atoms with E-state index in [-0.39, 0.29) is 6.04 Å². The van der Waals surface area contributed by atoms with E-state index in [1.165, 1.54) is 4.31 Å². The maximum Gasteiger partial charge on any atom is 0.341 e. The van der Waals surface area contributed by atoms with Gasteiger partial charge in [0.15, 0.2) is 6.61 Å². The van der Waals surface area contributed by atoms with Gasteiger partial charge in [-0.25, -0.2) is 4.79 Å². The van der Waals surface area contributed by atoms with Crippen molar-refractivity contribution in [3.05, 3.63) is 82.9 Å². The Morgan fingerprint density at radius 2 is 1.85 bits per heavy atom. The van der Waals surface area contributed by atoms with Gasteiger partial charge in [-0.2, -0.15) is 0 Å². The van der Waals surface area contributed by atoms with E-state index in [1.807, 2.05) is 43.3 Å². The van der Waals surface area contributed by atoms with Crippen LogP contribution in [0.2, 0.25) is 0 Å². The molecule has 33 heavy (non-hydrogen) atoms. The van der Waals surface area contributed by atoms with Crippen molar-refractivity contribution in [1.29, 1.82) is 0 Å². The second-order valence-corrected chi connectivity index (χ2v) is 9.10. The Kier molecular flexibility index (Phi) is 6.81. The van der Waals surface area contributed by atoms with E-state index >= 15 is 0 Å². The molecule has 2 atom stereocenters. The van der Waals surface area contributed by atoms with Gasteiger partial charge in [-0.3, -0.25) is 8.51 Å². The molecule has 0 aliphatic heterocycles. The first-order valence-corrected chi connectivity index (χ1v) is 11.9. The standard InChI is InChI=1S/C26H27NO5S/c1-17-7-3-4-8-20(17)21-14-13-19(15-18(21)2)27(33(30)31)24-11-5-10-23-22(24)9-6-12-25(23)32-16-26(28)29/h3-4,6-9,12-15,24H,5,10-11,16H2,1-2H3,(H,28,29)(H,30,31)/p-1. The summed E-state index contributed by atoms with van der Waals surface area (Å²) in [5.41, 5.74) is 6.68. The van der Waals surface area contributed by atoms with Gasteiger partial charge in [-0.05, 0) is 84.7 Å². The van der Waals surface area contributed by atoms with Crippen LogP contribution < -0.4 is 9.04 Å². The molecule has 0 spiro atoms. The lowest BCUT2D eigenvalue weighted by Gasteiger charge is -2.38. The van der Waals surface area contributed by atoms with E-state index in [0.717, 1.165) is 39.8 Å². The minimum absolute atomic E-state index is 0.385. The Bertz CT molecular complexity index is 1210. The molecule has 3 aromatic rings. The first kappa shape index (κ1) is 23.0. The summed E-state index contributed by atoms with van der Waals surface area (Å²) in [5, 5.41) is 8.97. The number of aryl methyl sites for hydroxylation is 2. The fourth-order valence-corrected chi connectivity index (χ4v) is 5.35. The largest absolute Gasteiger partial charge is 0.755 e. The smallest absolute Gasteiger partial charge is 0.341 e. The van der Waals surface area contributed by atoms with Crippen molar-refractivity contribution in [2.24, 2.45) is 0 Å². The summed E-state index contributed by atoms with van der Waals surface area (Å²) in [7, 11) is 0. The topological polar surface area (TPSA) is 89.9 Å². The molecule has 1 aliphatic rings. The molecular formula is C26H26NO5S-. The van der Waals surface area contributed by atoms with Crippen molar-refractivity contribution in [2.75, 3.05) is 10.9 Å². The third-order valence-corrected chi connectivity index (χ3v) is 6.91. The molecule has 0 fully saturated rings. The lowest BCUT2D eigenvalue weighted by Crippen LogP contribution is -2.33. The summed E-state index contributed by atoms with van der Waals surface area (Å²) in [4.78, 5) is 11.0. The quantitative estimate of drug-likeness (QED) is 0.491. The molecule has 0 saturated heterocycles. The second kappa shape index (κ2) is 9.77. The van der Waals surface area contributed by atoms with Crippen molar-refractivity contribution < 1.29 is 23.4 Å². The number of anilines is 1. The molecule has 7 heteroatoms. The van der Waals surface area contributed by atoms with Crippen LogP contribution in [0.5, 0.6) is 5.75 Å². The number of hydrogen-bond acceptors (Lipinski definition) is 4. The summed E-state index contributed by atoms with van der Waals surface area (Å²) in [5.74, 6) is -0.547. The van der Waals surface area contributed by atoms with Crippen molar-refractivity contribution in [2.45, 2.75) is 39.2 Å². The molecule has 3 aromatic carbocycles. The Labute approximate surface area is 196 Å². The number of benzene rings is 3. The molecule has 1 aliphatic carbocycles. The van der Waals surface area contributed by atoms with Crippen LogP contribution in [0.15, 0.2) is 60.7 Å². The molecule has 2 unspecified atom stereocenters. The van der Waals surface area contributed by atoms with E-state index < -0.39 is 23.8 Å². The number of carbonyl (C=O) groups is 1. The van der Waals surface area contributed by atoms with Crippen LogP contribution >= 0.6 is 0 Å². The molecule has 0 heterocycles. The van der Waals surface area contributed by atoms with Crippen LogP contribution in [-0.2, 0) is 22.5 Å². The summed E-state index contributed by atoms with van der Waals surface area (Å²) in [6.07, 6.45) is 2.16. The monoisotopic (exact) mass is 464 g/mol. The van der Waals surface area contributed by atoms with Gasteiger partial charge in [0.1, 0.15) is 5.75 Å². The van der Waals surface area contributed by atoms with Crippen molar-refractivity contribution in [3.8, 4) is 16.9 Å². The number of rotatable bonds is 7. The molecule has 0 saturated carbocycles. The van der Waals surface area contributed by atoms with E-state index in [9.17, 15) is 13.6 Å². The Hall–Kier alpha value is -3.16. The minimum Gasteiger partial charge on any atom is -0.755 e. The Morgan fingerprint density at radius 3 is 2.55 bits per heavy atom. The van der Waals surface area contributed by atoms with Crippen molar-refractivity contribution >= 4 is 22.9 Å². The first-order valence-electron chi connectivity index (χ1n) is 10.9. The van der Waals surface area contributed by atoms with E-state index in [4.69, 9.17) is 9.84 Å². The lowest BCUT2D eigenvalue weighted by atomic mass is 9.86. The zero-order valence-corrected chi connectivity index (χ0v) is 19.4. The van der Waals surface area contributed by atoms with Gasteiger partial charge in [0.25, 0.3) is 0 Å². The first-order chi connectivity index (χ1) is 15.9. The number of carboxylic acid groups (broad SMARTS) is 1. The highest BCUT2D eigenvalue weighted by Gasteiger charge is 2.29. The van der Waals surface area contributed by atoms with E-state index in [0.29, 0.717) is 24.3 Å². The average Bonchev–Trinajstić information content (AvgIpc) is 2.78.